The molecule has 0 aliphatic carbocycles. The third kappa shape index (κ3) is 5.38. The number of carbonyl (C=O) groups excluding carboxylic acids is 1. The van der Waals surface area contributed by atoms with Crippen molar-refractivity contribution in [1.82, 2.24) is 9.88 Å². The quantitative estimate of drug-likeness (QED) is 0.606. The molecule has 1 amide bonds. The minimum absolute atomic E-state index is 0.226. The van der Waals surface area contributed by atoms with Crippen molar-refractivity contribution in [3.8, 4) is 5.75 Å². The van der Waals surface area contributed by atoms with Gasteiger partial charge in [-0.2, -0.15) is 13.2 Å². The van der Waals surface area contributed by atoms with Crippen molar-refractivity contribution >= 4 is 46.5 Å². The van der Waals surface area contributed by atoms with Gasteiger partial charge in [0.15, 0.2) is 6.61 Å². The summed E-state index contributed by atoms with van der Waals surface area (Å²) in [7, 11) is 0. The molecular formula is C18H15Cl3F3N3O2. The average molecular weight is 469 g/mol. The van der Waals surface area contributed by atoms with Gasteiger partial charge in [0.25, 0.3) is 5.91 Å². The fourth-order valence-electron chi connectivity index (χ4n) is 2.77. The number of halogens is 6. The predicted octanol–water partition coefficient (Wildman–Crippen LogP) is 4.79. The van der Waals surface area contributed by atoms with E-state index in [1.165, 1.54) is 18.2 Å². The zero-order chi connectivity index (χ0) is 21.2. The lowest BCUT2D eigenvalue weighted by molar-refractivity contribution is -0.138. The minimum atomic E-state index is -4.42. The zero-order valence-electron chi connectivity index (χ0n) is 14.8. The van der Waals surface area contributed by atoms with Gasteiger partial charge in [0, 0.05) is 38.4 Å². The molecule has 3 rings (SSSR count). The van der Waals surface area contributed by atoms with Gasteiger partial charge in [-0.1, -0.05) is 34.8 Å². The molecule has 156 valence electrons. The van der Waals surface area contributed by atoms with E-state index in [1.54, 1.807) is 4.90 Å². The summed E-state index contributed by atoms with van der Waals surface area (Å²) in [6.45, 7) is 1.44. The number of aromatic nitrogens is 1. The fourth-order valence-corrected chi connectivity index (χ4v) is 3.36. The molecule has 0 radical (unpaired) electrons. The van der Waals surface area contributed by atoms with E-state index >= 15 is 0 Å². The number of rotatable bonds is 4. The van der Waals surface area contributed by atoms with E-state index < -0.39 is 11.7 Å². The SMILES string of the molecule is O=C(COc1cc(Cl)c(Cl)cc1Cl)N1CCN(c2ccc(C(F)(F)F)cn2)CC1. The molecule has 1 fully saturated rings. The molecule has 2 aromatic rings. The third-order valence-corrected chi connectivity index (χ3v) is 5.38. The molecule has 2 heterocycles. The molecule has 0 bridgehead atoms. The summed E-state index contributed by atoms with van der Waals surface area (Å²) in [5.41, 5.74) is -0.798. The van der Waals surface area contributed by atoms with Crippen LogP contribution in [0.5, 0.6) is 5.75 Å². The van der Waals surface area contributed by atoms with Gasteiger partial charge in [0.2, 0.25) is 0 Å². The van der Waals surface area contributed by atoms with Crippen LogP contribution in [0.4, 0.5) is 19.0 Å². The second kappa shape index (κ2) is 8.85. The van der Waals surface area contributed by atoms with Crippen LogP contribution >= 0.6 is 34.8 Å². The number of nitrogens with zero attached hydrogens (tertiary/aromatic N) is 3. The molecule has 0 unspecified atom stereocenters. The van der Waals surface area contributed by atoms with E-state index in [0.717, 1.165) is 12.3 Å². The van der Waals surface area contributed by atoms with Crippen molar-refractivity contribution in [3.63, 3.8) is 0 Å². The number of ether oxygens (including phenoxy) is 1. The number of carbonyl (C=O) groups is 1. The normalized spacial score (nSPS) is 14.8. The minimum Gasteiger partial charge on any atom is -0.482 e. The first-order chi connectivity index (χ1) is 13.6. The van der Waals surface area contributed by atoms with Gasteiger partial charge in [-0.25, -0.2) is 4.98 Å². The summed E-state index contributed by atoms with van der Waals surface area (Å²) >= 11 is 17.8. The van der Waals surface area contributed by atoms with Gasteiger partial charge in [-0.05, 0) is 18.2 Å². The molecule has 0 atom stereocenters. The second-order valence-electron chi connectivity index (χ2n) is 6.26. The molecule has 1 aromatic heterocycles. The highest BCUT2D eigenvalue weighted by molar-refractivity contribution is 6.43. The standard InChI is InChI=1S/C18H15Cl3F3N3O2/c19-12-7-14(21)15(8-13(12)20)29-10-17(28)27-5-3-26(4-6-27)16-2-1-11(9-25-16)18(22,23)24/h1-2,7-9H,3-6,10H2. The Labute approximate surface area is 179 Å². The molecule has 11 heteroatoms. The number of amides is 1. The van der Waals surface area contributed by atoms with Gasteiger partial charge in [0.05, 0.1) is 20.6 Å². The van der Waals surface area contributed by atoms with Crippen molar-refractivity contribution in [3.05, 3.63) is 51.1 Å². The van der Waals surface area contributed by atoms with E-state index in [9.17, 15) is 18.0 Å². The van der Waals surface area contributed by atoms with E-state index in [2.05, 4.69) is 4.98 Å². The lowest BCUT2D eigenvalue weighted by Gasteiger charge is -2.35. The molecule has 29 heavy (non-hydrogen) atoms. The number of anilines is 1. The predicted molar refractivity (Wildman–Crippen MR) is 105 cm³/mol. The fraction of sp³-hybridized carbons (Fsp3) is 0.333. The Balaban J connectivity index is 1.52. The summed E-state index contributed by atoms with van der Waals surface area (Å²) in [4.78, 5) is 19.7. The highest BCUT2D eigenvalue weighted by Crippen LogP contribution is 2.34. The summed E-state index contributed by atoms with van der Waals surface area (Å²) in [5.74, 6) is 0.443. The van der Waals surface area contributed by atoms with Crippen molar-refractivity contribution in [2.45, 2.75) is 6.18 Å². The highest BCUT2D eigenvalue weighted by Gasteiger charge is 2.31. The van der Waals surface area contributed by atoms with Crippen LogP contribution < -0.4 is 9.64 Å². The first-order valence-corrected chi connectivity index (χ1v) is 9.62. The van der Waals surface area contributed by atoms with Crippen LogP contribution in [0.3, 0.4) is 0 Å². The Morgan fingerprint density at radius 3 is 2.28 bits per heavy atom. The van der Waals surface area contributed by atoms with Crippen LogP contribution in [0.25, 0.3) is 0 Å². The maximum atomic E-state index is 12.6. The summed E-state index contributed by atoms with van der Waals surface area (Å²) in [6.07, 6.45) is -3.62. The molecule has 1 aromatic carbocycles. The summed E-state index contributed by atoms with van der Waals surface area (Å²) < 4.78 is 43.3. The zero-order valence-corrected chi connectivity index (χ0v) is 17.1. The topological polar surface area (TPSA) is 45.7 Å². The van der Waals surface area contributed by atoms with Gasteiger partial charge in [-0.3, -0.25) is 4.79 Å². The lowest BCUT2D eigenvalue weighted by atomic mass is 10.2. The Hall–Kier alpha value is -1.90. The van der Waals surface area contributed by atoms with Gasteiger partial charge in [0.1, 0.15) is 11.6 Å². The maximum absolute atomic E-state index is 12.6. The number of alkyl halides is 3. The van der Waals surface area contributed by atoms with Crippen LogP contribution in [0, 0.1) is 0 Å². The molecule has 1 aliphatic heterocycles. The molecule has 0 spiro atoms. The van der Waals surface area contributed by atoms with Crippen molar-refractivity contribution in [2.24, 2.45) is 0 Å². The van der Waals surface area contributed by atoms with Crippen molar-refractivity contribution < 1.29 is 22.7 Å². The third-order valence-electron chi connectivity index (χ3n) is 4.36. The number of hydrogen-bond donors (Lipinski definition) is 0. The van der Waals surface area contributed by atoms with Crippen LogP contribution in [0.1, 0.15) is 5.56 Å². The molecule has 1 aliphatic rings. The highest BCUT2D eigenvalue weighted by atomic mass is 35.5. The van der Waals surface area contributed by atoms with Crippen molar-refractivity contribution in [2.75, 3.05) is 37.7 Å². The monoisotopic (exact) mass is 467 g/mol. The average Bonchev–Trinajstić information content (AvgIpc) is 2.69. The van der Waals surface area contributed by atoms with Crippen LogP contribution in [-0.4, -0.2) is 48.6 Å². The Bertz CT molecular complexity index is 886. The van der Waals surface area contributed by atoms with Crippen LogP contribution in [-0.2, 0) is 11.0 Å². The molecule has 1 saturated heterocycles. The van der Waals surface area contributed by atoms with Gasteiger partial charge in [-0.15, -0.1) is 0 Å². The van der Waals surface area contributed by atoms with E-state index in [0.29, 0.717) is 32.0 Å². The number of piperazine rings is 1. The van der Waals surface area contributed by atoms with Crippen LogP contribution in [0.2, 0.25) is 15.1 Å². The molecule has 5 nitrogen and oxygen atoms in total. The van der Waals surface area contributed by atoms with Crippen molar-refractivity contribution in [1.29, 1.82) is 0 Å². The number of hydrogen-bond acceptors (Lipinski definition) is 4. The van der Waals surface area contributed by atoms with Crippen LogP contribution in [0.15, 0.2) is 30.5 Å². The Morgan fingerprint density at radius 2 is 1.69 bits per heavy atom. The summed E-state index contributed by atoms with van der Waals surface area (Å²) in [6, 6.07) is 5.19. The smallest absolute Gasteiger partial charge is 0.417 e. The number of pyridine rings is 1. The Kier molecular flexibility index (Phi) is 6.65. The first kappa shape index (κ1) is 21.8. The maximum Gasteiger partial charge on any atom is 0.417 e. The Morgan fingerprint density at radius 1 is 1.03 bits per heavy atom. The van der Waals surface area contributed by atoms with E-state index in [4.69, 9.17) is 39.5 Å². The second-order valence-corrected chi connectivity index (χ2v) is 7.48. The first-order valence-electron chi connectivity index (χ1n) is 8.48. The van der Waals surface area contributed by atoms with E-state index in [1.807, 2.05) is 4.90 Å². The largest absolute Gasteiger partial charge is 0.482 e. The molecule has 0 saturated carbocycles. The number of benzene rings is 1. The van der Waals surface area contributed by atoms with E-state index in [-0.39, 0.29) is 33.3 Å². The van der Waals surface area contributed by atoms with Gasteiger partial charge < -0.3 is 14.5 Å². The lowest BCUT2D eigenvalue weighted by Crippen LogP contribution is -2.50. The molecule has 0 N–H and O–H groups in total. The summed E-state index contributed by atoms with van der Waals surface area (Å²) in [5, 5.41) is 0.782. The molecular weight excluding hydrogens is 454 g/mol. The van der Waals surface area contributed by atoms with Gasteiger partial charge >= 0.3 is 6.18 Å².